The lowest BCUT2D eigenvalue weighted by Gasteiger charge is -2.17. The Morgan fingerprint density at radius 2 is 1.03 bits per heavy atom. The third-order valence-corrected chi connectivity index (χ3v) is 11.6. The van der Waals surface area contributed by atoms with Crippen LogP contribution in [0, 0.1) is 0 Å². The number of hydrogen-bond acceptors (Lipinski definition) is 12. The van der Waals surface area contributed by atoms with Crippen molar-refractivity contribution < 1.29 is 38.2 Å². The number of ketones is 2. The zero-order chi connectivity index (χ0) is 50.4. The van der Waals surface area contributed by atoms with E-state index in [2.05, 4.69) is 41.7 Å². The van der Waals surface area contributed by atoms with E-state index in [1.165, 1.54) is 68.8 Å². The maximum atomic E-state index is 13.6. The molecular formula is C48H45Cl5N8O8. The van der Waals surface area contributed by atoms with Crippen molar-refractivity contribution in [2.75, 3.05) is 47.2 Å². The third kappa shape index (κ3) is 13.6. The molecule has 16 nitrogen and oxygen atoms in total. The maximum Gasteiger partial charge on any atom is 0.258 e. The predicted molar refractivity (Wildman–Crippen MR) is 270 cm³/mol. The van der Waals surface area contributed by atoms with Gasteiger partial charge in [0.15, 0.2) is 11.6 Å². The van der Waals surface area contributed by atoms with Crippen molar-refractivity contribution in [1.29, 1.82) is 0 Å². The molecule has 0 bridgehead atoms. The minimum absolute atomic E-state index is 0.00402. The van der Waals surface area contributed by atoms with Crippen LogP contribution >= 0.6 is 58.0 Å². The van der Waals surface area contributed by atoms with Crippen molar-refractivity contribution in [2.45, 2.75) is 51.1 Å². The van der Waals surface area contributed by atoms with Crippen LogP contribution in [0.25, 0.3) is 0 Å². The lowest BCUT2D eigenvalue weighted by molar-refractivity contribution is -0.127. The largest absolute Gasteiger partial charge is 0.495 e. The van der Waals surface area contributed by atoms with E-state index in [9.17, 15) is 28.8 Å². The number of Topliss-reactive ketones (excluding diaryl/α,β-unsaturated/α-hetero) is 2. The van der Waals surface area contributed by atoms with E-state index in [-0.39, 0.29) is 43.9 Å². The average molecular weight is 1040 g/mol. The smallest absolute Gasteiger partial charge is 0.258 e. The fourth-order valence-corrected chi connectivity index (χ4v) is 7.76. The van der Waals surface area contributed by atoms with Gasteiger partial charge >= 0.3 is 0 Å². The molecule has 4 N–H and O–H groups in total. The lowest BCUT2D eigenvalue weighted by atomic mass is 10.1. The average Bonchev–Trinajstić information content (AvgIpc) is 3.31. The highest BCUT2D eigenvalue weighted by Crippen LogP contribution is 2.36. The normalized spacial score (nSPS) is 12.5. The Kier molecular flexibility index (Phi) is 19.6. The van der Waals surface area contributed by atoms with Crippen LogP contribution in [0.2, 0.25) is 10.0 Å². The first-order valence-electron chi connectivity index (χ1n) is 20.9. The number of aryl methyl sites for hydroxylation is 2. The predicted octanol–water partition coefficient (Wildman–Crippen LogP) is 11.7. The van der Waals surface area contributed by atoms with E-state index < -0.39 is 52.7 Å². The van der Waals surface area contributed by atoms with Crippen LogP contribution in [0.3, 0.4) is 0 Å². The number of para-hydroxylation sites is 2. The highest BCUT2D eigenvalue weighted by atomic mass is 35.5. The van der Waals surface area contributed by atoms with Crippen molar-refractivity contribution in [2.24, 2.45) is 20.5 Å². The number of carbonyl (C=O) groups is 6. The molecule has 0 aromatic heterocycles. The minimum atomic E-state index is -1.66. The van der Waals surface area contributed by atoms with Crippen LogP contribution < -0.4 is 30.7 Å². The molecule has 0 aliphatic carbocycles. The van der Waals surface area contributed by atoms with Gasteiger partial charge in [0.25, 0.3) is 23.6 Å². The number of carbonyl (C=O) groups excluding carboxylic acids is 6. The highest BCUT2D eigenvalue weighted by molar-refractivity contribution is 6.37. The van der Waals surface area contributed by atoms with Gasteiger partial charge in [-0.05, 0) is 105 Å². The second kappa shape index (κ2) is 25.3. The van der Waals surface area contributed by atoms with E-state index in [1.54, 1.807) is 43.3 Å². The summed E-state index contributed by atoms with van der Waals surface area (Å²) in [5, 5.41) is 26.1. The van der Waals surface area contributed by atoms with Crippen LogP contribution in [0.5, 0.6) is 11.5 Å². The SMILES string of the molecule is COc1cccc(CCCl)c1NC(=O)c1cccc(N=NC(C(C)=O)C(=O)Nc2ccc(NC(=O)C(N=Nc3cccc(C(=O)Nc4c(CCCl)cccc4OC)c3Cl)C(C)=O)c(C(C)Cl)c2)c1Cl. The summed E-state index contributed by atoms with van der Waals surface area (Å²) < 4.78 is 10.9. The highest BCUT2D eigenvalue weighted by Gasteiger charge is 2.28. The standard InChI is InChI=1S/C48H45Cl5N8O8/c1-25(51)33-24-30(54-47(66)41(26(2)62)60-58-35-14-8-12-31(39(35)52)45(64)56-43-28(20-22-49)10-6-16-37(43)68-4)18-19-34(33)55-48(67)42(27(3)63)61-59-36-15-9-13-32(40(36)53)46(65)57-44-29(21-23-50)11-7-17-38(44)69-5/h6-19,24-25,41-42H,20-23H2,1-5H3,(H,54,66)(H,55,67)(H,56,64)(H,57,65). The van der Waals surface area contributed by atoms with Crippen LogP contribution in [-0.4, -0.2) is 73.3 Å². The number of amides is 4. The Morgan fingerprint density at radius 1 is 0.594 bits per heavy atom. The van der Waals surface area contributed by atoms with Crippen molar-refractivity contribution in [3.05, 3.63) is 129 Å². The van der Waals surface area contributed by atoms with E-state index in [0.717, 1.165) is 25.0 Å². The fourth-order valence-electron chi connectivity index (χ4n) is 6.68. The Bertz CT molecular complexity index is 2820. The van der Waals surface area contributed by atoms with Gasteiger partial charge in [0, 0.05) is 23.1 Å². The zero-order valence-electron chi connectivity index (χ0n) is 37.7. The van der Waals surface area contributed by atoms with E-state index in [0.29, 0.717) is 53.0 Å². The Labute approximate surface area is 422 Å². The third-order valence-electron chi connectivity index (χ3n) is 10.1. The summed E-state index contributed by atoms with van der Waals surface area (Å²) in [5.74, 6) is -2.80. The number of benzene rings is 5. The molecule has 3 atom stereocenters. The van der Waals surface area contributed by atoms with Crippen molar-refractivity contribution in [1.82, 2.24) is 0 Å². The summed E-state index contributed by atoms with van der Waals surface area (Å²) >= 11 is 31.7. The molecule has 0 fully saturated rings. The van der Waals surface area contributed by atoms with Crippen LogP contribution in [0.1, 0.15) is 63.6 Å². The van der Waals surface area contributed by atoms with Gasteiger partial charge in [-0.15, -0.1) is 34.8 Å². The zero-order valence-corrected chi connectivity index (χ0v) is 41.4. The Hall–Kier alpha value is -6.43. The van der Waals surface area contributed by atoms with Crippen molar-refractivity contribution >= 4 is 127 Å². The molecule has 5 aromatic carbocycles. The molecule has 0 aliphatic heterocycles. The van der Waals surface area contributed by atoms with Crippen LogP contribution in [0.4, 0.5) is 34.1 Å². The quantitative estimate of drug-likeness (QED) is 0.0314. The number of methoxy groups -OCH3 is 2. The first-order chi connectivity index (χ1) is 33.0. The fraction of sp³-hybridized carbons (Fsp3) is 0.250. The van der Waals surface area contributed by atoms with E-state index >= 15 is 0 Å². The van der Waals surface area contributed by atoms with Gasteiger partial charge in [-0.25, -0.2) is 0 Å². The second-order valence-electron chi connectivity index (χ2n) is 14.9. The maximum absolute atomic E-state index is 13.6. The molecule has 69 heavy (non-hydrogen) atoms. The number of halogens is 5. The first kappa shape index (κ1) is 53.5. The van der Waals surface area contributed by atoms with Gasteiger partial charge in [-0.3, -0.25) is 28.8 Å². The molecule has 4 amide bonds. The van der Waals surface area contributed by atoms with Gasteiger partial charge in [0.2, 0.25) is 12.1 Å². The van der Waals surface area contributed by atoms with Gasteiger partial charge in [0.1, 0.15) is 22.9 Å². The monoisotopic (exact) mass is 1040 g/mol. The number of rotatable bonds is 21. The molecule has 3 unspecified atom stereocenters. The molecule has 5 rings (SSSR count). The molecular weight excluding hydrogens is 994 g/mol. The van der Waals surface area contributed by atoms with Gasteiger partial charge in [-0.2, -0.15) is 20.5 Å². The minimum Gasteiger partial charge on any atom is -0.495 e. The topological polar surface area (TPSA) is 218 Å². The summed E-state index contributed by atoms with van der Waals surface area (Å²) in [4.78, 5) is 79.5. The van der Waals surface area contributed by atoms with Crippen molar-refractivity contribution in [3.8, 4) is 11.5 Å². The number of ether oxygens (including phenoxy) is 2. The molecule has 0 aliphatic rings. The molecule has 0 saturated heterocycles. The number of nitrogens with zero attached hydrogens (tertiary/aromatic N) is 4. The number of alkyl halides is 3. The van der Waals surface area contributed by atoms with E-state index in [1.807, 2.05) is 0 Å². The van der Waals surface area contributed by atoms with Crippen LogP contribution in [0.15, 0.2) is 111 Å². The molecule has 0 spiro atoms. The van der Waals surface area contributed by atoms with Gasteiger partial charge in [-0.1, -0.05) is 59.6 Å². The number of hydrogen-bond donors (Lipinski definition) is 4. The lowest BCUT2D eigenvalue weighted by Crippen LogP contribution is -2.32. The summed E-state index contributed by atoms with van der Waals surface area (Å²) in [6, 6.07) is 20.4. The Morgan fingerprint density at radius 3 is 1.43 bits per heavy atom. The molecule has 0 saturated carbocycles. The molecule has 360 valence electrons. The molecule has 0 heterocycles. The summed E-state index contributed by atoms with van der Waals surface area (Å²) in [6.07, 6.45) is 0.909. The van der Waals surface area contributed by atoms with Crippen molar-refractivity contribution in [3.63, 3.8) is 0 Å². The summed E-state index contributed by atoms with van der Waals surface area (Å²) in [5.41, 5.74) is 3.06. The Balaban J connectivity index is 1.30. The molecule has 21 heteroatoms. The molecule has 5 aromatic rings. The summed E-state index contributed by atoms with van der Waals surface area (Å²) in [6.45, 7) is 3.91. The number of azo groups is 2. The number of nitrogens with one attached hydrogen (secondary N) is 4. The van der Waals surface area contributed by atoms with Crippen LogP contribution in [-0.2, 0) is 32.0 Å². The van der Waals surface area contributed by atoms with Gasteiger partial charge < -0.3 is 30.7 Å². The number of anilines is 4. The summed E-state index contributed by atoms with van der Waals surface area (Å²) in [7, 11) is 2.94. The second-order valence-corrected chi connectivity index (χ2v) is 17.1. The molecule has 0 radical (unpaired) electrons. The van der Waals surface area contributed by atoms with Gasteiger partial charge in [0.05, 0.1) is 52.1 Å². The van der Waals surface area contributed by atoms with E-state index in [4.69, 9.17) is 67.5 Å². The first-order valence-corrected chi connectivity index (χ1v) is 23.1.